The molecule has 6 heteroatoms. The van der Waals surface area contributed by atoms with E-state index in [1.165, 1.54) is 12.1 Å². The van der Waals surface area contributed by atoms with Gasteiger partial charge in [-0.15, -0.1) is 0 Å². The van der Waals surface area contributed by atoms with Gasteiger partial charge in [0.1, 0.15) is 0 Å². The number of alkyl halides is 3. The molecule has 108 valence electrons. The number of amides is 1. The second-order valence-corrected chi connectivity index (χ2v) is 5.26. The lowest BCUT2D eigenvalue weighted by Crippen LogP contribution is -2.42. The molecule has 0 saturated carbocycles. The van der Waals surface area contributed by atoms with E-state index in [4.69, 9.17) is 4.74 Å². The molecule has 0 N–H and O–H groups in total. The van der Waals surface area contributed by atoms with E-state index in [0.717, 1.165) is 18.6 Å². The fourth-order valence-corrected chi connectivity index (χ4v) is 2.79. The number of morpholine rings is 1. The highest BCUT2D eigenvalue weighted by Crippen LogP contribution is 2.30. The van der Waals surface area contributed by atoms with Gasteiger partial charge in [0.15, 0.2) is 0 Å². The summed E-state index contributed by atoms with van der Waals surface area (Å²) in [4.78, 5) is 13.9. The van der Waals surface area contributed by atoms with Crippen LogP contribution in [0, 0.1) is 0 Å². The van der Waals surface area contributed by atoms with Crippen molar-refractivity contribution in [1.29, 1.82) is 0 Å². The molecule has 0 radical (unpaired) electrons. The number of fused-ring (bicyclic) bond motifs is 2. The van der Waals surface area contributed by atoms with Crippen LogP contribution >= 0.6 is 0 Å². The molecule has 1 aromatic carbocycles. The molecule has 0 aromatic heterocycles. The summed E-state index contributed by atoms with van der Waals surface area (Å²) in [6, 6.07) is 4.91. The number of likely N-dealkylation sites (tertiary alicyclic amines) is 1. The second-order valence-electron chi connectivity index (χ2n) is 5.26. The van der Waals surface area contributed by atoms with Gasteiger partial charge < -0.3 is 9.64 Å². The molecule has 2 fully saturated rings. The lowest BCUT2D eigenvalue weighted by molar-refractivity contribution is -0.137. The second kappa shape index (κ2) is 4.77. The summed E-state index contributed by atoms with van der Waals surface area (Å²) in [6.07, 6.45) is -3.19. The smallest absolute Gasteiger partial charge is 0.374 e. The molecule has 2 heterocycles. The van der Waals surface area contributed by atoms with Crippen LogP contribution in [0.5, 0.6) is 0 Å². The number of carbonyl (C=O) groups excluding carboxylic acids is 1. The first kappa shape index (κ1) is 13.4. The first-order chi connectivity index (χ1) is 9.43. The minimum Gasteiger partial charge on any atom is -0.374 e. The fourth-order valence-electron chi connectivity index (χ4n) is 2.79. The van der Waals surface area contributed by atoms with E-state index in [1.807, 2.05) is 0 Å². The lowest BCUT2D eigenvalue weighted by Gasteiger charge is -2.27. The Hall–Kier alpha value is -1.56. The largest absolute Gasteiger partial charge is 0.416 e. The summed E-state index contributed by atoms with van der Waals surface area (Å²) < 4.78 is 42.7. The Labute approximate surface area is 114 Å². The molecule has 2 atom stereocenters. The topological polar surface area (TPSA) is 29.5 Å². The molecule has 0 spiro atoms. The van der Waals surface area contributed by atoms with Crippen molar-refractivity contribution in [3.05, 3.63) is 35.4 Å². The third-order valence-electron chi connectivity index (χ3n) is 3.86. The maximum absolute atomic E-state index is 12.4. The predicted octanol–water partition coefficient (Wildman–Crippen LogP) is 2.25. The van der Waals surface area contributed by atoms with E-state index in [9.17, 15) is 18.0 Å². The normalized spacial score (nSPS) is 25.2. The third-order valence-corrected chi connectivity index (χ3v) is 3.86. The highest BCUT2D eigenvalue weighted by molar-refractivity contribution is 5.79. The highest BCUT2D eigenvalue weighted by Gasteiger charge is 2.41. The van der Waals surface area contributed by atoms with E-state index in [-0.39, 0.29) is 24.5 Å². The van der Waals surface area contributed by atoms with E-state index in [2.05, 4.69) is 0 Å². The molecule has 3 nitrogen and oxygen atoms in total. The van der Waals surface area contributed by atoms with Crippen molar-refractivity contribution in [1.82, 2.24) is 4.90 Å². The number of carbonyl (C=O) groups is 1. The molecule has 2 unspecified atom stereocenters. The molecule has 1 aromatic rings. The zero-order valence-electron chi connectivity index (χ0n) is 10.7. The summed E-state index contributed by atoms with van der Waals surface area (Å²) in [5, 5.41) is 0. The number of nitrogens with zero attached hydrogens (tertiary/aromatic N) is 1. The summed E-state index contributed by atoms with van der Waals surface area (Å²) >= 11 is 0. The van der Waals surface area contributed by atoms with Crippen molar-refractivity contribution >= 4 is 5.91 Å². The van der Waals surface area contributed by atoms with E-state index in [0.29, 0.717) is 18.7 Å². The van der Waals surface area contributed by atoms with Gasteiger partial charge in [-0.1, -0.05) is 12.1 Å². The van der Waals surface area contributed by atoms with Gasteiger partial charge in [-0.05, 0) is 24.1 Å². The molecule has 2 bridgehead atoms. The van der Waals surface area contributed by atoms with Gasteiger partial charge >= 0.3 is 6.18 Å². The van der Waals surface area contributed by atoms with Crippen LogP contribution in [0.3, 0.4) is 0 Å². The van der Waals surface area contributed by atoms with Crippen LogP contribution in [0.4, 0.5) is 13.2 Å². The zero-order chi connectivity index (χ0) is 14.3. The third kappa shape index (κ3) is 2.52. The molecule has 1 amide bonds. The van der Waals surface area contributed by atoms with Crippen LogP contribution in [0.15, 0.2) is 24.3 Å². The number of rotatable bonds is 2. The molecule has 3 rings (SSSR count). The van der Waals surface area contributed by atoms with Crippen molar-refractivity contribution in [3.63, 3.8) is 0 Å². The zero-order valence-corrected chi connectivity index (χ0v) is 10.7. The first-order valence-corrected chi connectivity index (χ1v) is 6.50. The van der Waals surface area contributed by atoms with Crippen molar-refractivity contribution in [3.8, 4) is 0 Å². The Kier molecular flexibility index (Phi) is 3.20. The van der Waals surface area contributed by atoms with E-state index < -0.39 is 11.7 Å². The quantitative estimate of drug-likeness (QED) is 0.834. The fraction of sp³-hybridized carbons (Fsp3) is 0.500. The van der Waals surface area contributed by atoms with Gasteiger partial charge in [0, 0.05) is 6.54 Å². The number of hydrogen-bond acceptors (Lipinski definition) is 2. The summed E-state index contributed by atoms with van der Waals surface area (Å²) in [7, 11) is 0. The summed E-state index contributed by atoms with van der Waals surface area (Å²) in [5.74, 6) is -0.0411. The van der Waals surface area contributed by atoms with E-state index >= 15 is 0 Å². The van der Waals surface area contributed by atoms with Gasteiger partial charge in [-0.25, -0.2) is 0 Å². The number of halogens is 3. The van der Waals surface area contributed by atoms with Gasteiger partial charge in [0.2, 0.25) is 5.91 Å². The Morgan fingerprint density at radius 3 is 2.50 bits per heavy atom. The summed E-state index contributed by atoms with van der Waals surface area (Å²) in [5.41, 5.74) is -0.0889. The minimum atomic E-state index is -4.34. The van der Waals surface area contributed by atoms with Crippen LogP contribution in [-0.4, -0.2) is 36.1 Å². The van der Waals surface area contributed by atoms with Crippen LogP contribution < -0.4 is 0 Å². The standard InChI is InChI=1S/C14H14F3NO2/c15-14(16,17)10-3-1-9(2-4-10)5-13(19)18-7-12-6-11(18)8-20-12/h1-4,11-12H,5-8H2. The maximum Gasteiger partial charge on any atom is 0.416 e. The monoisotopic (exact) mass is 285 g/mol. The van der Waals surface area contributed by atoms with Gasteiger partial charge in [-0.2, -0.15) is 13.2 Å². The first-order valence-electron chi connectivity index (χ1n) is 6.50. The van der Waals surface area contributed by atoms with Crippen molar-refractivity contribution in [2.45, 2.75) is 31.2 Å². The van der Waals surface area contributed by atoms with Crippen LogP contribution in [0.2, 0.25) is 0 Å². The van der Waals surface area contributed by atoms with E-state index in [1.54, 1.807) is 4.90 Å². The molecule has 20 heavy (non-hydrogen) atoms. The molecule has 2 saturated heterocycles. The number of hydrogen-bond donors (Lipinski definition) is 0. The molecule has 0 aliphatic carbocycles. The van der Waals surface area contributed by atoms with Crippen molar-refractivity contribution < 1.29 is 22.7 Å². The van der Waals surface area contributed by atoms with Crippen molar-refractivity contribution in [2.24, 2.45) is 0 Å². The lowest BCUT2D eigenvalue weighted by atomic mass is 10.1. The summed E-state index contributed by atoms with van der Waals surface area (Å²) in [6.45, 7) is 1.17. The SMILES string of the molecule is O=C(Cc1ccc(C(F)(F)F)cc1)N1CC2CC1CO2. The Morgan fingerprint density at radius 2 is 2.00 bits per heavy atom. The molecule has 2 aliphatic heterocycles. The maximum atomic E-state index is 12.4. The van der Waals surface area contributed by atoms with Crippen LogP contribution in [0.1, 0.15) is 17.5 Å². The Bertz CT molecular complexity index is 512. The highest BCUT2D eigenvalue weighted by atomic mass is 19.4. The minimum absolute atomic E-state index is 0.0411. The Balaban J connectivity index is 1.64. The average Bonchev–Trinajstić information content (AvgIpc) is 3.00. The molecule has 2 aliphatic rings. The van der Waals surface area contributed by atoms with Crippen LogP contribution in [0.25, 0.3) is 0 Å². The average molecular weight is 285 g/mol. The van der Waals surface area contributed by atoms with Crippen molar-refractivity contribution in [2.75, 3.05) is 13.2 Å². The molecular formula is C14H14F3NO2. The van der Waals surface area contributed by atoms with Gasteiger partial charge in [0.05, 0.1) is 30.7 Å². The van der Waals surface area contributed by atoms with Gasteiger partial charge in [-0.3, -0.25) is 4.79 Å². The predicted molar refractivity (Wildman–Crippen MR) is 65.0 cm³/mol. The Morgan fingerprint density at radius 1 is 1.30 bits per heavy atom. The number of benzene rings is 1. The van der Waals surface area contributed by atoms with Gasteiger partial charge in [0.25, 0.3) is 0 Å². The van der Waals surface area contributed by atoms with Crippen LogP contribution in [-0.2, 0) is 22.1 Å². The molecular weight excluding hydrogens is 271 g/mol. The number of ether oxygens (including phenoxy) is 1.